The Bertz CT molecular complexity index is 349. The summed E-state index contributed by atoms with van der Waals surface area (Å²) in [5.41, 5.74) is 6.99. The highest BCUT2D eigenvalue weighted by molar-refractivity contribution is 9.10. The third-order valence-corrected chi connectivity index (χ3v) is 2.85. The zero-order valence-electron chi connectivity index (χ0n) is 9.07. The van der Waals surface area contributed by atoms with Crippen LogP contribution >= 0.6 is 15.9 Å². The average Bonchev–Trinajstić information content (AvgIpc) is 2.21. The summed E-state index contributed by atoms with van der Waals surface area (Å²) in [5.74, 6) is 0.577. The second kappa shape index (κ2) is 5.75. The minimum absolute atomic E-state index is 0.577. The molecule has 82 valence electrons. The Kier molecular flexibility index (Phi) is 4.62. The van der Waals surface area contributed by atoms with Crippen LogP contribution in [0.4, 0.5) is 0 Å². The van der Waals surface area contributed by atoms with Gasteiger partial charge in [-0.25, -0.2) is 0 Å². The molecule has 15 heavy (non-hydrogen) atoms. The summed E-state index contributed by atoms with van der Waals surface area (Å²) in [6, 6.07) is 8.11. The Morgan fingerprint density at radius 2 is 2.13 bits per heavy atom. The molecule has 0 aromatic heterocycles. The van der Waals surface area contributed by atoms with Crippen molar-refractivity contribution in [2.45, 2.75) is 13.5 Å². The number of benzene rings is 1. The molecule has 2 N–H and O–H groups in total. The summed E-state index contributed by atoms with van der Waals surface area (Å²) < 4.78 is 1.10. The standard InChI is InChI=1S/C11H16BrN3/c1-3-14-11(13)15(2)8-9-6-4-5-7-10(9)12/h4-7H,3,8H2,1-2H3,(H2,13,14). The third kappa shape index (κ3) is 3.55. The molecule has 1 rings (SSSR count). The van der Waals surface area contributed by atoms with Crippen LogP contribution in [-0.4, -0.2) is 24.5 Å². The van der Waals surface area contributed by atoms with Gasteiger partial charge in [0.25, 0.3) is 0 Å². The minimum atomic E-state index is 0.577. The molecule has 4 heteroatoms. The molecule has 0 aliphatic rings. The summed E-state index contributed by atoms with van der Waals surface area (Å²) in [5, 5.41) is 0. The van der Waals surface area contributed by atoms with Crippen LogP contribution in [0.2, 0.25) is 0 Å². The van der Waals surface area contributed by atoms with Gasteiger partial charge in [-0.3, -0.25) is 4.99 Å². The lowest BCUT2D eigenvalue weighted by atomic mass is 10.2. The fourth-order valence-corrected chi connectivity index (χ4v) is 1.66. The fraction of sp³-hybridized carbons (Fsp3) is 0.364. The molecule has 0 aliphatic heterocycles. The van der Waals surface area contributed by atoms with Crippen molar-refractivity contribution in [2.24, 2.45) is 10.7 Å². The smallest absolute Gasteiger partial charge is 0.191 e. The number of nitrogens with zero attached hydrogens (tertiary/aromatic N) is 2. The zero-order valence-corrected chi connectivity index (χ0v) is 10.7. The molecule has 0 saturated heterocycles. The lowest BCUT2D eigenvalue weighted by Crippen LogP contribution is -2.33. The van der Waals surface area contributed by atoms with Crippen LogP contribution in [0, 0.1) is 0 Å². The van der Waals surface area contributed by atoms with Crippen LogP contribution in [0.3, 0.4) is 0 Å². The van der Waals surface area contributed by atoms with Crippen molar-refractivity contribution in [3.8, 4) is 0 Å². The SMILES string of the molecule is CCN=C(N)N(C)Cc1ccccc1Br. The molecule has 1 aromatic rings. The van der Waals surface area contributed by atoms with Gasteiger partial charge in [0.1, 0.15) is 0 Å². The first-order valence-electron chi connectivity index (χ1n) is 4.89. The molecular weight excluding hydrogens is 254 g/mol. The number of nitrogens with two attached hydrogens (primary N) is 1. The number of hydrogen-bond donors (Lipinski definition) is 1. The Morgan fingerprint density at radius 3 is 2.73 bits per heavy atom. The molecule has 0 saturated carbocycles. The van der Waals surface area contributed by atoms with E-state index in [1.54, 1.807) is 0 Å². The van der Waals surface area contributed by atoms with Crippen LogP contribution in [0.15, 0.2) is 33.7 Å². The topological polar surface area (TPSA) is 41.6 Å². The molecule has 1 aromatic carbocycles. The predicted octanol–water partition coefficient (Wildman–Crippen LogP) is 2.22. The average molecular weight is 270 g/mol. The van der Waals surface area contributed by atoms with Gasteiger partial charge in [-0.2, -0.15) is 0 Å². The van der Waals surface area contributed by atoms with E-state index in [2.05, 4.69) is 27.0 Å². The lowest BCUT2D eigenvalue weighted by Gasteiger charge is -2.18. The molecule has 0 aliphatic carbocycles. The Hall–Kier alpha value is -1.03. The van der Waals surface area contributed by atoms with Gasteiger partial charge in [0.2, 0.25) is 0 Å². The van der Waals surface area contributed by atoms with Crippen LogP contribution < -0.4 is 5.73 Å². The van der Waals surface area contributed by atoms with Gasteiger partial charge < -0.3 is 10.6 Å². The van der Waals surface area contributed by atoms with E-state index in [0.29, 0.717) is 12.5 Å². The molecule has 3 nitrogen and oxygen atoms in total. The number of guanidine groups is 1. The number of halogens is 1. The van der Waals surface area contributed by atoms with Crippen molar-refractivity contribution in [2.75, 3.05) is 13.6 Å². The molecule has 0 unspecified atom stereocenters. The lowest BCUT2D eigenvalue weighted by molar-refractivity contribution is 0.491. The summed E-state index contributed by atoms with van der Waals surface area (Å²) in [6.07, 6.45) is 0. The highest BCUT2D eigenvalue weighted by atomic mass is 79.9. The maximum absolute atomic E-state index is 5.79. The van der Waals surface area contributed by atoms with Crippen molar-refractivity contribution in [3.05, 3.63) is 34.3 Å². The Balaban J connectivity index is 2.70. The first-order valence-corrected chi connectivity index (χ1v) is 5.69. The van der Waals surface area contributed by atoms with Crippen LogP contribution in [0.1, 0.15) is 12.5 Å². The zero-order chi connectivity index (χ0) is 11.3. The highest BCUT2D eigenvalue weighted by Crippen LogP contribution is 2.16. The van der Waals surface area contributed by atoms with E-state index in [4.69, 9.17) is 5.73 Å². The normalized spacial score (nSPS) is 11.5. The summed E-state index contributed by atoms with van der Waals surface area (Å²) in [6.45, 7) is 3.45. The molecule has 0 fully saturated rings. The Labute approximate surface area is 99.1 Å². The maximum Gasteiger partial charge on any atom is 0.191 e. The molecule has 0 atom stereocenters. The van der Waals surface area contributed by atoms with E-state index in [1.165, 1.54) is 5.56 Å². The van der Waals surface area contributed by atoms with Crippen molar-refractivity contribution < 1.29 is 0 Å². The second-order valence-corrected chi connectivity index (χ2v) is 4.13. The van der Waals surface area contributed by atoms with Crippen LogP contribution in [0.5, 0.6) is 0 Å². The minimum Gasteiger partial charge on any atom is -0.370 e. The fourth-order valence-electron chi connectivity index (χ4n) is 1.25. The van der Waals surface area contributed by atoms with E-state index in [1.807, 2.05) is 37.1 Å². The first kappa shape index (κ1) is 12.0. The van der Waals surface area contributed by atoms with Crippen LogP contribution in [-0.2, 0) is 6.54 Å². The van der Waals surface area contributed by atoms with E-state index in [0.717, 1.165) is 11.0 Å². The molecule has 0 bridgehead atoms. The number of hydrogen-bond acceptors (Lipinski definition) is 1. The van der Waals surface area contributed by atoms with E-state index >= 15 is 0 Å². The van der Waals surface area contributed by atoms with E-state index < -0.39 is 0 Å². The summed E-state index contributed by atoms with van der Waals surface area (Å²) in [4.78, 5) is 6.09. The van der Waals surface area contributed by atoms with Crippen molar-refractivity contribution in [1.82, 2.24) is 4.90 Å². The quantitative estimate of drug-likeness (QED) is 0.676. The summed E-state index contributed by atoms with van der Waals surface area (Å²) >= 11 is 3.51. The van der Waals surface area contributed by atoms with Gasteiger partial charge in [-0.05, 0) is 18.6 Å². The summed E-state index contributed by atoms with van der Waals surface area (Å²) in [7, 11) is 1.94. The maximum atomic E-state index is 5.79. The van der Waals surface area contributed by atoms with Gasteiger partial charge in [0.05, 0.1) is 0 Å². The number of rotatable bonds is 3. The highest BCUT2D eigenvalue weighted by Gasteiger charge is 2.04. The Morgan fingerprint density at radius 1 is 1.47 bits per heavy atom. The van der Waals surface area contributed by atoms with Gasteiger partial charge >= 0.3 is 0 Å². The number of aliphatic imine (C=N–C) groups is 1. The molecule has 0 radical (unpaired) electrons. The van der Waals surface area contributed by atoms with Crippen molar-refractivity contribution in [3.63, 3.8) is 0 Å². The molecular formula is C11H16BrN3. The van der Waals surface area contributed by atoms with Gasteiger partial charge in [-0.15, -0.1) is 0 Å². The van der Waals surface area contributed by atoms with E-state index in [-0.39, 0.29) is 0 Å². The van der Waals surface area contributed by atoms with Crippen molar-refractivity contribution >= 4 is 21.9 Å². The van der Waals surface area contributed by atoms with Gasteiger partial charge in [-0.1, -0.05) is 34.1 Å². The first-order chi connectivity index (χ1) is 7.15. The van der Waals surface area contributed by atoms with E-state index in [9.17, 15) is 0 Å². The van der Waals surface area contributed by atoms with Gasteiger partial charge in [0, 0.05) is 24.6 Å². The largest absolute Gasteiger partial charge is 0.370 e. The van der Waals surface area contributed by atoms with Crippen LogP contribution in [0.25, 0.3) is 0 Å². The second-order valence-electron chi connectivity index (χ2n) is 3.28. The molecule has 0 spiro atoms. The predicted molar refractivity (Wildman–Crippen MR) is 67.8 cm³/mol. The third-order valence-electron chi connectivity index (χ3n) is 2.08. The molecule has 0 heterocycles. The van der Waals surface area contributed by atoms with Gasteiger partial charge in [0.15, 0.2) is 5.96 Å². The monoisotopic (exact) mass is 269 g/mol. The van der Waals surface area contributed by atoms with Crippen molar-refractivity contribution in [1.29, 1.82) is 0 Å². The molecule has 0 amide bonds.